The van der Waals surface area contributed by atoms with Gasteiger partial charge in [-0.2, -0.15) is 0 Å². The van der Waals surface area contributed by atoms with E-state index in [2.05, 4.69) is 11.9 Å². The summed E-state index contributed by atoms with van der Waals surface area (Å²) in [6.45, 7) is 5.55. The largest absolute Gasteiger partial charge is 0.467 e. The van der Waals surface area contributed by atoms with Gasteiger partial charge in [-0.1, -0.05) is 36.4 Å². The highest BCUT2D eigenvalue weighted by molar-refractivity contribution is 5.87. The van der Waals surface area contributed by atoms with E-state index < -0.39 is 17.6 Å². The lowest BCUT2D eigenvalue weighted by Gasteiger charge is -2.31. The summed E-state index contributed by atoms with van der Waals surface area (Å²) in [4.78, 5) is 24.0. The Kier molecular flexibility index (Phi) is 5.77. The van der Waals surface area contributed by atoms with E-state index in [0.717, 1.165) is 0 Å². The predicted octanol–water partition coefficient (Wildman–Crippen LogP) is 2.38. The molecule has 1 N–H and O–H groups in total. The predicted molar refractivity (Wildman–Crippen MR) is 75.1 cm³/mol. The highest BCUT2D eigenvalue weighted by Gasteiger charge is 2.42. The second kappa shape index (κ2) is 7.33. The van der Waals surface area contributed by atoms with Crippen LogP contribution in [-0.4, -0.2) is 25.8 Å². The van der Waals surface area contributed by atoms with Gasteiger partial charge in [0.05, 0.1) is 13.7 Å². The molecule has 0 fully saturated rings. The minimum atomic E-state index is -1.33. The van der Waals surface area contributed by atoms with Crippen molar-refractivity contribution in [1.82, 2.24) is 5.32 Å². The van der Waals surface area contributed by atoms with Crippen LogP contribution in [0.4, 0.5) is 4.79 Å². The molecular formula is C15H19NO4. The number of carbonyl (C=O) groups excluding carboxylic acids is 2. The first-order valence-electron chi connectivity index (χ1n) is 6.30. The summed E-state index contributed by atoms with van der Waals surface area (Å²) in [5.41, 5.74) is -0.718. The third kappa shape index (κ3) is 3.38. The lowest BCUT2D eigenvalue weighted by Crippen LogP contribution is -2.52. The molecule has 0 aromatic heterocycles. The number of alkyl carbamates (subject to hydrolysis) is 1. The molecule has 1 aromatic carbocycles. The van der Waals surface area contributed by atoms with Gasteiger partial charge < -0.3 is 14.8 Å². The molecule has 0 heterocycles. The molecule has 0 bridgehead atoms. The minimum Gasteiger partial charge on any atom is -0.467 e. The quantitative estimate of drug-likeness (QED) is 0.640. The number of hydrogen-bond donors (Lipinski definition) is 1. The van der Waals surface area contributed by atoms with Gasteiger partial charge in [0.15, 0.2) is 5.54 Å². The molecule has 1 atom stereocenters. The monoisotopic (exact) mass is 277 g/mol. The van der Waals surface area contributed by atoms with E-state index in [1.807, 2.05) is 6.07 Å². The van der Waals surface area contributed by atoms with Crippen molar-refractivity contribution >= 4 is 12.1 Å². The molecule has 0 aliphatic carbocycles. The van der Waals surface area contributed by atoms with Crippen LogP contribution in [0, 0.1) is 0 Å². The van der Waals surface area contributed by atoms with E-state index in [0.29, 0.717) is 5.56 Å². The van der Waals surface area contributed by atoms with Gasteiger partial charge in [0.1, 0.15) is 0 Å². The van der Waals surface area contributed by atoms with E-state index in [1.165, 1.54) is 7.11 Å². The number of nitrogens with one attached hydrogen (secondary N) is 1. The van der Waals surface area contributed by atoms with Crippen molar-refractivity contribution in [2.75, 3.05) is 13.7 Å². The van der Waals surface area contributed by atoms with Gasteiger partial charge in [-0.05, 0) is 12.5 Å². The molecule has 1 rings (SSSR count). The van der Waals surface area contributed by atoms with Crippen molar-refractivity contribution in [3.05, 3.63) is 48.6 Å². The zero-order valence-corrected chi connectivity index (χ0v) is 11.7. The topological polar surface area (TPSA) is 64.6 Å². The fourth-order valence-corrected chi connectivity index (χ4v) is 1.95. The van der Waals surface area contributed by atoms with Gasteiger partial charge in [0.25, 0.3) is 0 Å². The highest BCUT2D eigenvalue weighted by Crippen LogP contribution is 2.27. The van der Waals surface area contributed by atoms with Gasteiger partial charge in [0.2, 0.25) is 0 Å². The summed E-state index contributed by atoms with van der Waals surface area (Å²) in [7, 11) is 1.27. The van der Waals surface area contributed by atoms with E-state index in [9.17, 15) is 9.59 Å². The number of carbonyl (C=O) groups is 2. The molecule has 5 heteroatoms. The molecule has 0 aliphatic rings. The molecule has 0 radical (unpaired) electrons. The first-order chi connectivity index (χ1) is 9.60. The van der Waals surface area contributed by atoms with Crippen LogP contribution in [-0.2, 0) is 19.8 Å². The number of methoxy groups -OCH3 is 1. The van der Waals surface area contributed by atoms with E-state index in [-0.39, 0.29) is 13.0 Å². The van der Waals surface area contributed by atoms with Crippen molar-refractivity contribution in [3.8, 4) is 0 Å². The van der Waals surface area contributed by atoms with Crippen LogP contribution < -0.4 is 5.32 Å². The van der Waals surface area contributed by atoms with Crippen molar-refractivity contribution in [3.63, 3.8) is 0 Å². The van der Waals surface area contributed by atoms with Gasteiger partial charge in [-0.3, -0.25) is 0 Å². The third-order valence-electron chi connectivity index (χ3n) is 2.84. The van der Waals surface area contributed by atoms with E-state index in [1.54, 1.807) is 37.3 Å². The Hall–Kier alpha value is -2.30. The summed E-state index contributed by atoms with van der Waals surface area (Å²) >= 11 is 0. The molecule has 0 saturated carbocycles. The Bertz CT molecular complexity index is 472. The van der Waals surface area contributed by atoms with Gasteiger partial charge >= 0.3 is 12.1 Å². The Balaban J connectivity index is 3.24. The Morgan fingerprint density at radius 1 is 1.35 bits per heavy atom. The number of rotatable bonds is 6. The second-order valence-electron chi connectivity index (χ2n) is 4.10. The second-order valence-corrected chi connectivity index (χ2v) is 4.10. The molecule has 0 saturated heterocycles. The lowest BCUT2D eigenvalue weighted by molar-refractivity contribution is -0.148. The van der Waals surface area contributed by atoms with Crippen LogP contribution in [0.25, 0.3) is 0 Å². The van der Waals surface area contributed by atoms with Gasteiger partial charge in [-0.15, -0.1) is 6.58 Å². The third-order valence-corrected chi connectivity index (χ3v) is 2.84. The molecule has 108 valence electrons. The SMILES string of the molecule is C=CC[C@@](NC(=O)OCC)(C(=O)OC)c1ccccc1. The maximum atomic E-state index is 12.2. The number of ether oxygens (including phenoxy) is 2. The van der Waals surface area contributed by atoms with Crippen molar-refractivity contribution in [2.24, 2.45) is 0 Å². The maximum Gasteiger partial charge on any atom is 0.408 e. The van der Waals surface area contributed by atoms with E-state index >= 15 is 0 Å². The van der Waals surface area contributed by atoms with Crippen molar-refractivity contribution in [2.45, 2.75) is 18.9 Å². The standard InChI is InChI=1S/C15H19NO4/c1-4-11-15(13(17)19-3,16-14(18)20-5-2)12-9-7-6-8-10-12/h4,6-10H,1,5,11H2,2-3H3,(H,16,18)/t15-/m0/s1. The number of hydrogen-bond acceptors (Lipinski definition) is 4. The van der Waals surface area contributed by atoms with E-state index in [4.69, 9.17) is 9.47 Å². The number of esters is 1. The normalized spacial score (nSPS) is 12.9. The van der Waals surface area contributed by atoms with Crippen molar-refractivity contribution < 1.29 is 19.1 Å². The molecule has 20 heavy (non-hydrogen) atoms. The van der Waals surface area contributed by atoms with Crippen LogP contribution in [0.2, 0.25) is 0 Å². The number of benzene rings is 1. The Labute approximate surface area is 118 Å². The smallest absolute Gasteiger partial charge is 0.408 e. The summed E-state index contributed by atoms with van der Waals surface area (Å²) in [6, 6.07) is 8.87. The highest BCUT2D eigenvalue weighted by atomic mass is 16.6. The molecule has 1 amide bonds. The summed E-state index contributed by atoms with van der Waals surface area (Å²) in [6.07, 6.45) is 1.07. The average Bonchev–Trinajstić information content (AvgIpc) is 2.47. The fraction of sp³-hybridized carbons (Fsp3) is 0.333. The van der Waals surface area contributed by atoms with Crippen LogP contribution in [0.5, 0.6) is 0 Å². The summed E-state index contributed by atoms with van der Waals surface area (Å²) in [5.74, 6) is -0.573. The fourth-order valence-electron chi connectivity index (χ4n) is 1.95. The maximum absolute atomic E-state index is 12.2. The lowest BCUT2D eigenvalue weighted by atomic mass is 9.86. The molecule has 5 nitrogen and oxygen atoms in total. The van der Waals surface area contributed by atoms with Crippen LogP contribution in [0.15, 0.2) is 43.0 Å². The zero-order chi connectivity index (χ0) is 15.0. The zero-order valence-electron chi connectivity index (χ0n) is 11.7. The molecular weight excluding hydrogens is 258 g/mol. The molecule has 1 aromatic rings. The first kappa shape index (κ1) is 15.8. The molecule has 0 aliphatic heterocycles. The Morgan fingerprint density at radius 2 is 2.00 bits per heavy atom. The summed E-state index contributed by atoms with van der Waals surface area (Å²) < 4.78 is 9.71. The Morgan fingerprint density at radius 3 is 2.50 bits per heavy atom. The summed E-state index contributed by atoms with van der Waals surface area (Å²) in [5, 5.41) is 2.59. The minimum absolute atomic E-state index is 0.197. The first-order valence-corrected chi connectivity index (χ1v) is 6.30. The van der Waals surface area contributed by atoms with Gasteiger partial charge in [-0.25, -0.2) is 9.59 Å². The molecule has 0 spiro atoms. The van der Waals surface area contributed by atoms with Crippen LogP contribution >= 0.6 is 0 Å². The molecule has 0 unspecified atom stereocenters. The van der Waals surface area contributed by atoms with Gasteiger partial charge in [0, 0.05) is 6.42 Å². The number of amides is 1. The van der Waals surface area contributed by atoms with Crippen LogP contribution in [0.3, 0.4) is 0 Å². The van der Waals surface area contributed by atoms with Crippen LogP contribution in [0.1, 0.15) is 18.9 Å². The van der Waals surface area contributed by atoms with Crippen molar-refractivity contribution in [1.29, 1.82) is 0 Å². The average molecular weight is 277 g/mol.